The van der Waals surface area contributed by atoms with Crippen LogP contribution in [0.3, 0.4) is 0 Å². The minimum Gasteiger partial charge on any atom is -0.329 e. The molecule has 0 radical (unpaired) electrons. The van der Waals surface area contributed by atoms with Crippen molar-refractivity contribution in [1.29, 1.82) is 0 Å². The first-order valence-corrected chi connectivity index (χ1v) is 4.69. The maximum Gasteiger partial charge on any atom is 0.324 e. The van der Waals surface area contributed by atoms with Crippen LogP contribution in [0, 0.1) is 0 Å². The summed E-state index contributed by atoms with van der Waals surface area (Å²) in [6.45, 7) is 1.18. The van der Waals surface area contributed by atoms with Crippen LogP contribution in [0.4, 0.5) is 4.79 Å². The van der Waals surface area contributed by atoms with Gasteiger partial charge in [0.2, 0.25) is 5.91 Å². The van der Waals surface area contributed by atoms with E-state index in [0.717, 1.165) is 0 Å². The Morgan fingerprint density at radius 3 is 2.87 bits per heavy atom. The highest BCUT2D eigenvalue weighted by Crippen LogP contribution is 2.00. The molecule has 1 aliphatic rings. The lowest BCUT2D eigenvalue weighted by Crippen LogP contribution is -2.32. The molecule has 0 unspecified atom stereocenters. The Morgan fingerprint density at radius 1 is 1.40 bits per heavy atom. The van der Waals surface area contributed by atoms with Gasteiger partial charge in [0.1, 0.15) is 0 Å². The molecular weight excluding hydrogens is 198 g/mol. The Bertz CT molecular complexity index is 345. The molecule has 2 heterocycles. The van der Waals surface area contributed by atoms with E-state index in [1.165, 1.54) is 4.90 Å². The fraction of sp³-hybridized carbons (Fsp3) is 0.500. The normalized spacial score (nSPS) is 15.9. The Hall–Kier alpha value is -1.92. The number of imide groups is 1. The summed E-state index contributed by atoms with van der Waals surface area (Å²) in [7, 11) is 0. The predicted molar refractivity (Wildman–Crippen MR) is 49.8 cm³/mol. The largest absolute Gasteiger partial charge is 0.329 e. The van der Waals surface area contributed by atoms with Crippen molar-refractivity contribution < 1.29 is 9.59 Å². The zero-order valence-electron chi connectivity index (χ0n) is 8.09. The average Bonchev–Trinajstić information content (AvgIpc) is 2.82. The molecule has 1 aromatic heterocycles. The highest BCUT2D eigenvalue weighted by molar-refractivity contribution is 6.01. The summed E-state index contributed by atoms with van der Waals surface area (Å²) in [4.78, 5) is 23.5. The van der Waals surface area contributed by atoms with E-state index >= 15 is 0 Å². The number of hydrogen-bond acceptors (Lipinski definition) is 4. The summed E-state index contributed by atoms with van der Waals surface area (Å²) in [6.07, 6.45) is 4.02. The monoisotopic (exact) mass is 209 g/mol. The first-order chi connectivity index (χ1) is 7.27. The molecule has 0 atom stereocenters. The SMILES string of the molecule is O=C1CNC(=O)N1CCCn1ccnn1. The van der Waals surface area contributed by atoms with Gasteiger partial charge in [-0.05, 0) is 6.42 Å². The fourth-order valence-electron chi connectivity index (χ4n) is 1.42. The predicted octanol–water partition coefficient (Wildman–Crippen LogP) is -0.780. The Morgan fingerprint density at radius 2 is 2.27 bits per heavy atom. The standard InChI is InChI=1S/C8H11N5O2/c14-7-6-9-8(15)13(7)4-1-3-12-5-2-10-11-12/h2,5H,1,3-4,6H2,(H,9,15). The van der Waals surface area contributed by atoms with Crippen LogP contribution in [-0.2, 0) is 11.3 Å². The number of aromatic nitrogens is 3. The van der Waals surface area contributed by atoms with Crippen LogP contribution >= 0.6 is 0 Å². The number of nitrogens with one attached hydrogen (secondary N) is 1. The molecule has 3 amide bonds. The lowest BCUT2D eigenvalue weighted by atomic mass is 10.4. The van der Waals surface area contributed by atoms with Crippen molar-refractivity contribution in [3.63, 3.8) is 0 Å². The smallest absolute Gasteiger partial charge is 0.324 e. The molecule has 1 N–H and O–H groups in total. The van der Waals surface area contributed by atoms with E-state index in [2.05, 4.69) is 15.6 Å². The number of aryl methyl sites for hydroxylation is 1. The summed E-state index contributed by atoms with van der Waals surface area (Å²) >= 11 is 0. The van der Waals surface area contributed by atoms with E-state index in [4.69, 9.17) is 0 Å². The minimum atomic E-state index is -0.307. The fourth-order valence-corrected chi connectivity index (χ4v) is 1.42. The van der Waals surface area contributed by atoms with Crippen molar-refractivity contribution in [2.24, 2.45) is 0 Å². The van der Waals surface area contributed by atoms with Crippen LogP contribution in [0.15, 0.2) is 12.4 Å². The number of nitrogens with zero attached hydrogens (tertiary/aromatic N) is 4. The van der Waals surface area contributed by atoms with E-state index in [0.29, 0.717) is 19.5 Å². The molecule has 0 saturated carbocycles. The zero-order valence-corrected chi connectivity index (χ0v) is 8.09. The molecule has 0 aromatic carbocycles. The third kappa shape index (κ3) is 2.12. The van der Waals surface area contributed by atoms with Gasteiger partial charge in [0.05, 0.1) is 12.7 Å². The molecule has 7 nitrogen and oxygen atoms in total. The summed E-state index contributed by atoms with van der Waals surface area (Å²) < 4.78 is 1.67. The first kappa shape index (κ1) is 9.63. The maximum absolute atomic E-state index is 11.2. The van der Waals surface area contributed by atoms with Gasteiger partial charge >= 0.3 is 6.03 Å². The number of rotatable bonds is 4. The third-order valence-corrected chi connectivity index (χ3v) is 2.18. The molecule has 2 rings (SSSR count). The summed E-state index contributed by atoms with van der Waals surface area (Å²) in [5.41, 5.74) is 0. The van der Waals surface area contributed by atoms with Crippen molar-refractivity contribution in [1.82, 2.24) is 25.2 Å². The van der Waals surface area contributed by atoms with Crippen LogP contribution < -0.4 is 5.32 Å². The molecule has 7 heteroatoms. The summed E-state index contributed by atoms with van der Waals surface area (Å²) in [5, 5.41) is 9.90. The number of hydrogen-bond donors (Lipinski definition) is 1. The van der Waals surface area contributed by atoms with Crippen LogP contribution in [0.5, 0.6) is 0 Å². The number of amides is 3. The molecule has 15 heavy (non-hydrogen) atoms. The van der Waals surface area contributed by atoms with Gasteiger partial charge in [-0.2, -0.15) is 0 Å². The molecule has 1 saturated heterocycles. The van der Waals surface area contributed by atoms with E-state index in [1.54, 1.807) is 17.1 Å². The molecule has 0 spiro atoms. The Balaban J connectivity index is 1.78. The minimum absolute atomic E-state index is 0.113. The molecular formula is C8H11N5O2. The van der Waals surface area contributed by atoms with Gasteiger partial charge in [0.25, 0.3) is 0 Å². The lowest BCUT2D eigenvalue weighted by molar-refractivity contribution is -0.125. The van der Waals surface area contributed by atoms with Crippen LogP contribution in [0.2, 0.25) is 0 Å². The van der Waals surface area contributed by atoms with Gasteiger partial charge in [-0.3, -0.25) is 14.4 Å². The quantitative estimate of drug-likeness (QED) is 0.660. The molecule has 0 aliphatic carbocycles. The second-order valence-electron chi connectivity index (χ2n) is 3.22. The number of urea groups is 1. The summed E-state index contributed by atoms with van der Waals surface area (Å²) in [5.74, 6) is -0.168. The Kier molecular flexibility index (Phi) is 2.61. The second kappa shape index (κ2) is 4.07. The van der Waals surface area contributed by atoms with E-state index in [9.17, 15) is 9.59 Å². The van der Waals surface area contributed by atoms with Crippen molar-refractivity contribution in [2.45, 2.75) is 13.0 Å². The van der Waals surface area contributed by atoms with Crippen molar-refractivity contribution in [3.05, 3.63) is 12.4 Å². The number of carbonyl (C=O) groups is 2. The Labute approximate surface area is 86.0 Å². The maximum atomic E-state index is 11.2. The van der Waals surface area contributed by atoms with Gasteiger partial charge in [-0.15, -0.1) is 5.10 Å². The van der Waals surface area contributed by atoms with Crippen molar-refractivity contribution in [2.75, 3.05) is 13.1 Å². The topological polar surface area (TPSA) is 80.1 Å². The van der Waals surface area contributed by atoms with Gasteiger partial charge in [0, 0.05) is 19.3 Å². The van der Waals surface area contributed by atoms with E-state index < -0.39 is 0 Å². The molecule has 1 aliphatic heterocycles. The molecule has 0 bridgehead atoms. The van der Waals surface area contributed by atoms with E-state index in [-0.39, 0.29) is 18.5 Å². The van der Waals surface area contributed by atoms with Crippen molar-refractivity contribution in [3.8, 4) is 0 Å². The second-order valence-corrected chi connectivity index (χ2v) is 3.22. The van der Waals surface area contributed by atoms with Gasteiger partial charge < -0.3 is 5.32 Å². The zero-order chi connectivity index (χ0) is 10.7. The molecule has 1 fully saturated rings. The lowest BCUT2D eigenvalue weighted by Gasteiger charge is -2.11. The molecule has 80 valence electrons. The van der Waals surface area contributed by atoms with Crippen molar-refractivity contribution >= 4 is 11.9 Å². The van der Waals surface area contributed by atoms with Gasteiger partial charge in [-0.1, -0.05) is 5.21 Å². The number of carbonyl (C=O) groups excluding carboxylic acids is 2. The first-order valence-electron chi connectivity index (χ1n) is 4.69. The summed E-state index contributed by atoms with van der Waals surface area (Å²) in [6, 6.07) is -0.307. The average molecular weight is 209 g/mol. The highest BCUT2D eigenvalue weighted by atomic mass is 16.2. The van der Waals surface area contributed by atoms with Gasteiger partial charge in [0.15, 0.2) is 0 Å². The molecule has 1 aromatic rings. The third-order valence-electron chi connectivity index (χ3n) is 2.18. The van der Waals surface area contributed by atoms with Crippen LogP contribution in [0.25, 0.3) is 0 Å². The van der Waals surface area contributed by atoms with Gasteiger partial charge in [-0.25, -0.2) is 4.79 Å². The van der Waals surface area contributed by atoms with Crippen LogP contribution in [0.1, 0.15) is 6.42 Å². The van der Waals surface area contributed by atoms with E-state index in [1.807, 2.05) is 0 Å². The van der Waals surface area contributed by atoms with Crippen LogP contribution in [-0.4, -0.2) is 44.9 Å². The highest BCUT2D eigenvalue weighted by Gasteiger charge is 2.27.